The molecule has 172 valence electrons. The molecule has 0 saturated carbocycles. The maximum atomic E-state index is 12.6. The molecule has 2 aliphatic rings. The average Bonchev–Trinajstić information content (AvgIpc) is 3.40. The molecule has 0 bridgehead atoms. The van der Waals surface area contributed by atoms with E-state index in [9.17, 15) is 9.90 Å². The molecule has 6 heteroatoms. The molecule has 2 aromatic rings. The van der Waals surface area contributed by atoms with Crippen LogP contribution in [0.5, 0.6) is 17.2 Å². The largest absolute Gasteiger partial charge is 0.497 e. The molecule has 0 amide bonds. The summed E-state index contributed by atoms with van der Waals surface area (Å²) in [5, 5.41) is 10.3. The number of hydrogen-bond acceptors (Lipinski definition) is 5. The summed E-state index contributed by atoms with van der Waals surface area (Å²) < 4.78 is 16.3. The summed E-state index contributed by atoms with van der Waals surface area (Å²) in [7, 11) is 1.64. The zero-order valence-corrected chi connectivity index (χ0v) is 19.1. The Morgan fingerprint density at radius 2 is 1.81 bits per heavy atom. The summed E-state index contributed by atoms with van der Waals surface area (Å²) >= 11 is 0. The fourth-order valence-corrected chi connectivity index (χ4v) is 5.01. The molecule has 32 heavy (non-hydrogen) atoms. The first-order valence-electron chi connectivity index (χ1n) is 11.5. The van der Waals surface area contributed by atoms with Gasteiger partial charge in [0.2, 0.25) is 6.79 Å². The Kier molecular flexibility index (Phi) is 6.89. The molecule has 0 aromatic heterocycles. The van der Waals surface area contributed by atoms with Gasteiger partial charge in [-0.25, -0.2) is 0 Å². The Labute approximate surface area is 190 Å². The zero-order valence-electron chi connectivity index (χ0n) is 19.1. The minimum absolute atomic E-state index is 0.126. The van der Waals surface area contributed by atoms with Crippen LogP contribution in [0.15, 0.2) is 42.5 Å². The first-order valence-corrected chi connectivity index (χ1v) is 11.5. The van der Waals surface area contributed by atoms with Gasteiger partial charge in [0, 0.05) is 18.5 Å². The Morgan fingerprint density at radius 1 is 1.09 bits per heavy atom. The van der Waals surface area contributed by atoms with E-state index < -0.39 is 11.9 Å². The number of rotatable bonds is 9. The molecule has 0 radical (unpaired) electrons. The second-order valence-electron chi connectivity index (χ2n) is 9.19. The standard InChI is InChI=1S/C26H33NO5/c1-17(2)6-4-5-13-27-15-21(19-9-12-22-23(14-19)32-16-31-22)24(26(28)29)25(27)18-7-10-20(30-3)11-8-18/h7-12,14,17,21,24-25H,4-6,13,15-16H2,1-3H3,(H,28,29)/t21?,24-,25+/m0/s1. The third-order valence-electron chi connectivity index (χ3n) is 6.64. The zero-order chi connectivity index (χ0) is 22.7. The van der Waals surface area contributed by atoms with Gasteiger partial charge in [-0.15, -0.1) is 0 Å². The van der Waals surface area contributed by atoms with Crippen molar-refractivity contribution in [1.82, 2.24) is 4.90 Å². The SMILES string of the molecule is COc1ccc([C@@H]2[C@@H](C(=O)O)C(c3ccc4c(c3)OCO4)CN2CCCCC(C)C)cc1. The second kappa shape index (κ2) is 9.82. The van der Waals surface area contributed by atoms with Crippen LogP contribution in [0.4, 0.5) is 0 Å². The second-order valence-corrected chi connectivity index (χ2v) is 9.19. The molecule has 0 aliphatic carbocycles. The molecule has 6 nitrogen and oxygen atoms in total. The van der Waals surface area contributed by atoms with E-state index in [4.69, 9.17) is 14.2 Å². The Hall–Kier alpha value is -2.73. The van der Waals surface area contributed by atoms with Crippen LogP contribution in [-0.4, -0.2) is 43.0 Å². The molecule has 2 heterocycles. The molecule has 1 unspecified atom stereocenters. The van der Waals surface area contributed by atoms with E-state index in [2.05, 4.69) is 18.7 Å². The monoisotopic (exact) mass is 439 g/mol. The summed E-state index contributed by atoms with van der Waals surface area (Å²) in [6.07, 6.45) is 3.40. The van der Waals surface area contributed by atoms with E-state index in [-0.39, 0.29) is 18.8 Å². The van der Waals surface area contributed by atoms with Gasteiger partial charge in [-0.2, -0.15) is 0 Å². The molecule has 1 N–H and O–H groups in total. The van der Waals surface area contributed by atoms with Gasteiger partial charge < -0.3 is 19.3 Å². The van der Waals surface area contributed by atoms with Crippen LogP contribution >= 0.6 is 0 Å². The van der Waals surface area contributed by atoms with Crippen molar-refractivity contribution in [3.8, 4) is 17.2 Å². The van der Waals surface area contributed by atoms with Gasteiger partial charge in [0.05, 0.1) is 13.0 Å². The summed E-state index contributed by atoms with van der Waals surface area (Å²) in [4.78, 5) is 14.9. The van der Waals surface area contributed by atoms with Gasteiger partial charge in [-0.05, 0) is 54.3 Å². The van der Waals surface area contributed by atoms with Gasteiger partial charge in [0.15, 0.2) is 11.5 Å². The number of hydrogen-bond donors (Lipinski definition) is 1. The quantitative estimate of drug-likeness (QED) is 0.549. The summed E-state index contributed by atoms with van der Waals surface area (Å²) in [6, 6.07) is 13.5. The van der Waals surface area contributed by atoms with Crippen molar-refractivity contribution in [2.75, 3.05) is 27.0 Å². The first kappa shape index (κ1) is 22.5. The van der Waals surface area contributed by atoms with Crippen molar-refractivity contribution in [2.45, 2.75) is 45.1 Å². The van der Waals surface area contributed by atoms with E-state index in [0.717, 1.165) is 42.0 Å². The van der Waals surface area contributed by atoms with Crippen LogP contribution in [0, 0.1) is 11.8 Å². The smallest absolute Gasteiger partial charge is 0.309 e. The van der Waals surface area contributed by atoms with Crippen molar-refractivity contribution in [3.05, 3.63) is 53.6 Å². The summed E-state index contributed by atoms with van der Waals surface area (Å²) in [6.45, 7) is 6.28. The predicted molar refractivity (Wildman–Crippen MR) is 122 cm³/mol. The highest BCUT2D eigenvalue weighted by molar-refractivity contribution is 5.74. The molecule has 2 aromatic carbocycles. The summed E-state index contributed by atoms with van der Waals surface area (Å²) in [5.41, 5.74) is 2.01. The van der Waals surface area contributed by atoms with Gasteiger partial charge in [0.1, 0.15) is 5.75 Å². The normalized spacial score (nSPS) is 22.4. The van der Waals surface area contributed by atoms with Crippen molar-refractivity contribution in [3.63, 3.8) is 0 Å². The number of benzene rings is 2. The number of carboxylic acids is 1. The third kappa shape index (κ3) is 4.70. The lowest BCUT2D eigenvalue weighted by Crippen LogP contribution is -2.29. The van der Waals surface area contributed by atoms with Crippen LogP contribution in [-0.2, 0) is 4.79 Å². The molecule has 2 aliphatic heterocycles. The average molecular weight is 440 g/mol. The number of nitrogens with zero attached hydrogens (tertiary/aromatic N) is 1. The van der Waals surface area contributed by atoms with E-state index in [1.165, 1.54) is 6.42 Å². The van der Waals surface area contributed by atoms with Gasteiger partial charge in [-0.3, -0.25) is 9.69 Å². The molecule has 3 atom stereocenters. The van der Waals surface area contributed by atoms with Gasteiger partial charge in [-0.1, -0.05) is 44.9 Å². The highest BCUT2D eigenvalue weighted by Gasteiger charge is 2.47. The van der Waals surface area contributed by atoms with Crippen LogP contribution in [0.1, 0.15) is 56.2 Å². The number of fused-ring (bicyclic) bond motifs is 1. The first-order chi connectivity index (χ1) is 15.5. The molecular weight excluding hydrogens is 406 g/mol. The maximum absolute atomic E-state index is 12.6. The van der Waals surface area contributed by atoms with Crippen LogP contribution in [0.25, 0.3) is 0 Å². The fraction of sp³-hybridized carbons (Fsp3) is 0.500. The predicted octanol–water partition coefficient (Wildman–Crippen LogP) is 5.09. The Balaban J connectivity index is 1.64. The van der Waals surface area contributed by atoms with E-state index in [0.29, 0.717) is 18.2 Å². The van der Waals surface area contributed by atoms with Crippen molar-refractivity contribution >= 4 is 5.97 Å². The minimum atomic E-state index is -0.766. The van der Waals surface area contributed by atoms with Crippen LogP contribution in [0.3, 0.4) is 0 Å². The lowest BCUT2D eigenvalue weighted by Gasteiger charge is -2.27. The summed E-state index contributed by atoms with van der Waals surface area (Å²) in [5.74, 6) is 1.43. The highest BCUT2D eigenvalue weighted by Crippen LogP contribution is 2.48. The highest BCUT2D eigenvalue weighted by atomic mass is 16.7. The van der Waals surface area contributed by atoms with Crippen molar-refractivity contribution in [2.24, 2.45) is 11.8 Å². The van der Waals surface area contributed by atoms with Crippen molar-refractivity contribution < 1.29 is 24.1 Å². The Bertz CT molecular complexity index is 926. The minimum Gasteiger partial charge on any atom is -0.497 e. The van der Waals surface area contributed by atoms with Crippen LogP contribution < -0.4 is 14.2 Å². The maximum Gasteiger partial charge on any atom is 0.309 e. The van der Waals surface area contributed by atoms with E-state index in [1.807, 2.05) is 42.5 Å². The van der Waals surface area contributed by atoms with E-state index >= 15 is 0 Å². The molecule has 1 saturated heterocycles. The fourth-order valence-electron chi connectivity index (χ4n) is 5.01. The number of likely N-dealkylation sites (tertiary alicyclic amines) is 1. The number of carboxylic acid groups (broad SMARTS) is 1. The van der Waals surface area contributed by atoms with Crippen molar-refractivity contribution in [1.29, 1.82) is 0 Å². The molecular formula is C26H33NO5. The number of methoxy groups -OCH3 is 1. The van der Waals surface area contributed by atoms with Gasteiger partial charge in [0.25, 0.3) is 0 Å². The third-order valence-corrected chi connectivity index (χ3v) is 6.64. The van der Waals surface area contributed by atoms with Gasteiger partial charge >= 0.3 is 5.97 Å². The number of aliphatic carboxylic acids is 1. The number of carbonyl (C=O) groups is 1. The lowest BCUT2D eigenvalue weighted by atomic mass is 9.82. The topological polar surface area (TPSA) is 68.2 Å². The number of ether oxygens (including phenoxy) is 3. The Morgan fingerprint density at radius 3 is 2.50 bits per heavy atom. The molecule has 4 rings (SSSR count). The van der Waals surface area contributed by atoms with E-state index in [1.54, 1.807) is 7.11 Å². The number of unbranched alkanes of at least 4 members (excludes halogenated alkanes) is 1. The van der Waals surface area contributed by atoms with Crippen LogP contribution in [0.2, 0.25) is 0 Å². The molecule has 0 spiro atoms. The lowest BCUT2D eigenvalue weighted by molar-refractivity contribution is -0.143. The molecule has 1 fully saturated rings.